The van der Waals surface area contributed by atoms with Gasteiger partial charge in [0.2, 0.25) is 0 Å². The van der Waals surface area contributed by atoms with E-state index in [2.05, 4.69) is 9.97 Å². The van der Waals surface area contributed by atoms with E-state index in [1.54, 1.807) is 38.0 Å². The van der Waals surface area contributed by atoms with Crippen molar-refractivity contribution in [3.05, 3.63) is 95.6 Å². The van der Waals surface area contributed by atoms with Crippen LogP contribution in [-0.2, 0) is 0 Å². The number of hydrogen-bond acceptors (Lipinski definition) is 7. The zero-order chi connectivity index (χ0) is 22.9. The van der Waals surface area contributed by atoms with Crippen molar-refractivity contribution in [3.8, 4) is 33.8 Å². The smallest absolute Gasteiger partial charge is 0.273 e. The van der Waals surface area contributed by atoms with Crippen LogP contribution in [-0.4, -0.2) is 29.1 Å². The topological polar surface area (TPSA) is 113 Å². The number of nitrogen functional groups attached to an aromatic ring is 1. The lowest BCUT2D eigenvalue weighted by Gasteiger charge is -2.08. The van der Waals surface area contributed by atoms with Gasteiger partial charge >= 0.3 is 0 Å². The fourth-order valence-corrected chi connectivity index (χ4v) is 3.04. The predicted octanol–water partition coefficient (Wildman–Crippen LogP) is 5.00. The van der Waals surface area contributed by atoms with E-state index in [-0.39, 0.29) is 5.69 Å². The lowest BCUT2D eigenvalue weighted by Crippen LogP contribution is -1.92. The predicted molar refractivity (Wildman–Crippen MR) is 124 cm³/mol. The molecule has 4 aromatic rings. The second-order valence-corrected chi connectivity index (χ2v) is 6.57. The summed E-state index contributed by atoms with van der Waals surface area (Å²) in [6.45, 7) is 0. The molecule has 0 amide bonds. The summed E-state index contributed by atoms with van der Waals surface area (Å²) in [5.41, 5.74) is 10.2. The Balaban J connectivity index is 0.000000182. The zero-order valence-corrected chi connectivity index (χ0v) is 17.6. The van der Waals surface area contributed by atoms with Gasteiger partial charge < -0.3 is 15.2 Å². The Morgan fingerprint density at radius 3 is 1.69 bits per heavy atom. The first-order valence-corrected chi connectivity index (χ1v) is 9.60. The molecule has 0 radical (unpaired) electrons. The number of nitrogens with zero attached hydrogens (tertiary/aromatic N) is 3. The molecule has 0 saturated heterocycles. The minimum atomic E-state index is -0.446. The quantitative estimate of drug-likeness (QED) is 0.269. The van der Waals surface area contributed by atoms with Crippen LogP contribution in [0.1, 0.15) is 0 Å². The average molecular weight is 430 g/mol. The highest BCUT2D eigenvalue weighted by molar-refractivity contribution is 5.73. The largest absolute Gasteiger partial charge is 0.496 e. The molecule has 2 aromatic heterocycles. The first-order chi connectivity index (χ1) is 15.5. The SMILES string of the molecule is COc1cc(N)ccc1-c1ccncc1.COc1cc([N+](=O)[O-])ccc1-c1ccncc1. The summed E-state index contributed by atoms with van der Waals surface area (Å²) in [4.78, 5) is 18.1. The van der Waals surface area contributed by atoms with Gasteiger partial charge in [-0.3, -0.25) is 20.1 Å². The summed E-state index contributed by atoms with van der Waals surface area (Å²) in [6, 6.07) is 17.7. The van der Waals surface area contributed by atoms with Gasteiger partial charge in [-0.25, -0.2) is 0 Å². The van der Waals surface area contributed by atoms with Crippen LogP contribution in [0.25, 0.3) is 22.3 Å². The maximum Gasteiger partial charge on any atom is 0.273 e. The third-order valence-electron chi connectivity index (χ3n) is 4.60. The van der Waals surface area contributed by atoms with E-state index < -0.39 is 4.92 Å². The van der Waals surface area contributed by atoms with E-state index in [1.165, 1.54) is 19.2 Å². The van der Waals surface area contributed by atoms with Crippen LogP contribution < -0.4 is 15.2 Å². The molecule has 4 rings (SSSR count). The summed E-state index contributed by atoms with van der Waals surface area (Å²) >= 11 is 0. The monoisotopic (exact) mass is 430 g/mol. The average Bonchev–Trinajstić information content (AvgIpc) is 2.85. The van der Waals surface area contributed by atoms with Gasteiger partial charge in [-0.2, -0.15) is 0 Å². The van der Waals surface area contributed by atoms with Crippen LogP contribution >= 0.6 is 0 Å². The molecule has 0 bridgehead atoms. The highest BCUT2D eigenvalue weighted by Gasteiger charge is 2.12. The van der Waals surface area contributed by atoms with Crippen molar-refractivity contribution >= 4 is 11.4 Å². The molecule has 32 heavy (non-hydrogen) atoms. The normalized spacial score (nSPS) is 9.94. The molecule has 0 fully saturated rings. The molecule has 2 heterocycles. The molecular weight excluding hydrogens is 408 g/mol. The highest BCUT2D eigenvalue weighted by atomic mass is 16.6. The number of rotatable bonds is 5. The molecule has 162 valence electrons. The molecule has 0 spiro atoms. The second-order valence-electron chi connectivity index (χ2n) is 6.57. The van der Waals surface area contributed by atoms with E-state index in [1.807, 2.05) is 42.5 Å². The third-order valence-corrected chi connectivity index (χ3v) is 4.60. The van der Waals surface area contributed by atoms with Crippen LogP contribution in [0.4, 0.5) is 11.4 Å². The number of anilines is 1. The molecule has 0 aliphatic heterocycles. The fraction of sp³-hybridized carbons (Fsp3) is 0.0833. The molecule has 0 aliphatic carbocycles. The molecule has 0 unspecified atom stereocenters. The number of nitrogens with two attached hydrogens (primary N) is 1. The van der Waals surface area contributed by atoms with Crippen LogP contribution in [0.2, 0.25) is 0 Å². The van der Waals surface area contributed by atoms with Crippen LogP contribution in [0.3, 0.4) is 0 Å². The van der Waals surface area contributed by atoms with Crippen LogP contribution in [0.5, 0.6) is 11.5 Å². The van der Waals surface area contributed by atoms with Gasteiger partial charge in [-0.05, 0) is 53.6 Å². The van der Waals surface area contributed by atoms with Crippen LogP contribution in [0.15, 0.2) is 85.5 Å². The van der Waals surface area contributed by atoms with Crippen molar-refractivity contribution in [2.45, 2.75) is 0 Å². The number of aromatic nitrogens is 2. The Hall–Kier alpha value is -4.46. The lowest BCUT2D eigenvalue weighted by atomic mass is 10.1. The molecule has 0 saturated carbocycles. The first-order valence-electron chi connectivity index (χ1n) is 9.60. The number of ether oxygens (including phenoxy) is 2. The van der Waals surface area contributed by atoms with Crippen molar-refractivity contribution < 1.29 is 14.4 Å². The Morgan fingerprint density at radius 2 is 1.22 bits per heavy atom. The number of hydrogen-bond donors (Lipinski definition) is 1. The summed E-state index contributed by atoms with van der Waals surface area (Å²) in [5.74, 6) is 1.26. The molecule has 0 aliphatic rings. The maximum atomic E-state index is 10.7. The molecule has 8 nitrogen and oxygen atoms in total. The standard InChI is InChI=1S/C12H10N2O3.C12H12N2O/c1-17-12-8-10(14(15)16)2-3-11(12)9-4-6-13-7-5-9;1-15-12-8-10(13)2-3-11(12)9-4-6-14-7-5-9/h2-8H,1H3;2-8H,13H2,1H3. The summed E-state index contributed by atoms with van der Waals surface area (Å²) in [6.07, 6.45) is 6.84. The Kier molecular flexibility index (Phi) is 7.32. The molecule has 2 aromatic carbocycles. The summed E-state index contributed by atoms with van der Waals surface area (Å²) in [7, 11) is 3.13. The van der Waals surface area contributed by atoms with E-state index >= 15 is 0 Å². The molecule has 0 atom stereocenters. The number of nitro benzene ring substituents is 1. The molecule has 8 heteroatoms. The van der Waals surface area contributed by atoms with Gasteiger partial charge in [0.15, 0.2) is 0 Å². The van der Waals surface area contributed by atoms with Crippen molar-refractivity contribution in [1.82, 2.24) is 9.97 Å². The van der Waals surface area contributed by atoms with E-state index in [4.69, 9.17) is 15.2 Å². The van der Waals surface area contributed by atoms with Gasteiger partial charge in [-0.1, -0.05) is 0 Å². The number of pyridine rings is 2. The zero-order valence-electron chi connectivity index (χ0n) is 17.6. The fourth-order valence-electron chi connectivity index (χ4n) is 3.04. The van der Waals surface area contributed by atoms with Gasteiger partial charge in [0.25, 0.3) is 5.69 Å². The lowest BCUT2D eigenvalue weighted by molar-refractivity contribution is -0.384. The number of nitro groups is 1. The van der Waals surface area contributed by atoms with Crippen molar-refractivity contribution in [1.29, 1.82) is 0 Å². The first kappa shape index (κ1) is 22.2. The minimum absolute atomic E-state index is 0.0136. The number of benzene rings is 2. The maximum absolute atomic E-state index is 10.7. The summed E-state index contributed by atoms with van der Waals surface area (Å²) in [5, 5.41) is 10.7. The Bertz CT molecular complexity index is 1190. The van der Waals surface area contributed by atoms with E-state index in [0.29, 0.717) is 11.4 Å². The highest BCUT2D eigenvalue weighted by Crippen LogP contribution is 2.33. The molecule has 2 N–H and O–H groups in total. The van der Waals surface area contributed by atoms with Gasteiger partial charge in [0, 0.05) is 53.7 Å². The summed E-state index contributed by atoms with van der Waals surface area (Å²) < 4.78 is 10.4. The van der Waals surface area contributed by atoms with Gasteiger partial charge in [-0.15, -0.1) is 0 Å². The van der Waals surface area contributed by atoms with Gasteiger partial charge in [0.1, 0.15) is 11.5 Å². The number of non-ortho nitro benzene ring substituents is 1. The third kappa shape index (κ3) is 5.37. The number of methoxy groups -OCH3 is 2. The van der Waals surface area contributed by atoms with Crippen LogP contribution in [0, 0.1) is 10.1 Å². The van der Waals surface area contributed by atoms with Crippen molar-refractivity contribution in [2.75, 3.05) is 20.0 Å². The molecular formula is C24H22N4O4. The van der Waals surface area contributed by atoms with Crippen molar-refractivity contribution in [2.24, 2.45) is 0 Å². The van der Waals surface area contributed by atoms with E-state index in [9.17, 15) is 10.1 Å². The van der Waals surface area contributed by atoms with E-state index in [0.717, 1.165) is 28.0 Å². The minimum Gasteiger partial charge on any atom is -0.496 e. The Labute approximate surface area is 185 Å². The van der Waals surface area contributed by atoms with Gasteiger partial charge in [0.05, 0.1) is 25.2 Å². The van der Waals surface area contributed by atoms with Crippen molar-refractivity contribution in [3.63, 3.8) is 0 Å². The Morgan fingerprint density at radius 1 is 0.750 bits per heavy atom. The second kappa shape index (κ2) is 10.5.